The predicted octanol–water partition coefficient (Wildman–Crippen LogP) is 3.83. The number of ether oxygens (including phenoxy) is 1. The third-order valence-electron chi connectivity index (χ3n) is 5.99. The Hall–Kier alpha value is -3.19. The lowest BCUT2D eigenvalue weighted by molar-refractivity contribution is -0.123. The summed E-state index contributed by atoms with van der Waals surface area (Å²) in [6, 6.07) is 13.0. The van der Waals surface area contributed by atoms with Gasteiger partial charge in [-0.25, -0.2) is 4.39 Å². The summed E-state index contributed by atoms with van der Waals surface area (Å²) in [4.78, 5) is 29.6. The van der Waals surface area contributed by atoms with E-state index in [4.69, 9.17) is 4.74 Å². The van der Waals surface area contributed by atoms with E-state index in [1.165, 1.54) is 36.0 Å². The van der Waals surface area contributed by atoms with Crippen molar-refractivity contribution in [2.24, 2.45) is 5.92 Å². The van der Waals surface area contributed by atoms with Gasteiger partial charge in [-0.05, 0) is 74.2 Å². The zero-order valence-corrected chi connectivity index (χ0v) is 18.9. The van der Waals surface area contributed by atoms with Gasteiger partial charge in [0, 0.05) is 13.1 Å². The molecule has 2 aliphatic heterocycles. The lowest BCUT2D eigenvalue weighted by Gasteiger charge is -2.31. The number of nitrogens with one attached hydrogen (secondary N) is 1. The lowest BCUT2D eigenvalue weighted by Crippen LogP contribution is -2.44. The van der Waals surface area contributed by atoms with Gasteiger partial charge in [-0.2, -0.15) is 0 Å². The Balaban J connectivity index is 1.39. The molecule has 0 spiro atoms. The van der Waals surface area contributed by atoms with Gasteiger partial charge in [0.25, 0.3) is 5.91 Å². The molecule has 1 fully saturated rings. The molecule has 0 unspecified atom stereocenters. The second-order valence-corrected chi connectivity index (χ2v) is 8.78. The molecule has 1 saturated heterocycles. The number of nitrogens with zero attached hydrogens (tertiary/aromatic N) is 2. The lowest BCUT2D eigenvalue weighted by atomic mass is 10.0. The van der Waals surface area contributed by atoms with Gasteiger partial charge < -0.3 is 15.0 Å². The molecule has 4 rings (SSSR count). The number of benzene rings is 2. The van der Waals surface area contributed by atoms with Gasteiger partial charge in [-0.3, -0.25) is 14.5 Å². The highest BCUT2D eigenvalue weighted by Crippen LogP contribution is 2.35. The van der Waals surface area contributed by atoms with E-state index in [0.717, 1.165) is 32.0 Å². The van der Waals surface area contributed by atoms with Crippen LogP contribution < -0.4 is 15.0 Å². The number of fused-ring (bicyclic) bond motifs is 1. The monoisotopic (exact) mass is 451 g/mol. The van der Waals surface area contributed by atoms with Crippen LogP contribution >= 0.6 is 0 Å². The fourth-order valence-corrected chi connectivity index (χ4v) is 4.39. The third-order valence-corrected chi connectivity index (χ3v) is 5.99. The molecular formula is C26H30FN3O3. The Kier molecular flexibility index (Phi) is 7.40. The maximum Gasteiger partial charge on any atom is 0.294 e. The van der Waals surface area contributed by atoms with Crippen LogP contribution in [-0.2, 0) is 9.59 Å². The summed E-state index contributed by atoms with van der Waals surface area (Å²) < 4.78 is 19.4. The largest absolute Gasteiger partial charge is 0.449 e. The van der Waals surface area contributed by atoms with Gasteiger partial charge in [0.05, 0.1) is 5.69 Å². The number of rotatable bonds is 7. The number of para-hydroxylation sites is 2. The van der Waals surface area contributed by atoms with Gasteiger partial charge in [0.1, 0.15) is 12.4 Å². The molecule has 2 aliphatic rings. The van der Waals surface area contributed by atoms with Crippen molar-refractivity contribution in [1.82, 2.24) is 10.2 Å². The molecule has 0 radical (unpaired) electrons. The van der Waals surface area contributed by atoms with E-state index in [-0.39, 0.29) is 18.2 Å². The van der Waals surface area contributed by atoms with Crippen molar-refractivity contribution in [3.8, 4) is 5.75 Å². The van der Waals surface area contributed by atoms with Crippen molar-refractivity contribution in [2.45, 2.75) is 26.2 Å². The van der Waals surface area contributed by atoms with Crippen molar-refractivity contribution in [3.05, 3.63) is 65.7 Å². The summed E-state index contributed by atoms with van der Waals surface area (Å²) in [7, 11) is 0. The molecule has 0 saturated carbocycles. The number of carbonyl (C=O) groups is 2. The topological polar surface area (TPSA) is 61.9 Å². The second-order valence-electron chi connectivity index (χ2n) is 8.78. The number of hydrogen-bond acceptors (Lipinski definition) is 4. The number of carbonyl (C=O) groups excluding carboxylic acids is 2. The summed E-state index contributed by atoms with van der Waals surface area (Å²) in [6.07, 6.45) is 4.89. The molecule has 2 aromatic rings. The minimum Gasteiger partial charge on any atom is -0.449 e. The number of hydrogen-bond donors (Lipinski definition) is 1. The minimum atomic E-state index is -0.435. The van der Waals surface area contributed by atoms with Gasteiger partial charge in [0.2, 0.25) is 5.91 Å². The predicted molar refractivity (Wildman–Crippen MR) is 126 cm³/mol. The number of anilines is 1. The SMILES string of the molecule is C[C@@H]1CCCN(CCCNC(=O)CN2C(=O)/C(=C\c3cccc(F)c3)Oc3ccccc32)C1. The first kappa shape index (κ1) is 23.0. The van der Waals surface area contributed by atoms with Gasteiger partial charge >= 0.3 is 0 Å². The Labute approximate surface area is 194 Å². The van der Waals surface area contributed by atoms with E-state index in [1.54, 1.807) is 36.4 Å². The number of amides is 2. The standard InChI is InChI=1S/C26H30FN3O3/c1-19-7-5-13-29(17-19)14-6-12-28-25(31)18-30-22-10-2-3-11-23(22)33-24(26(30)32)16-20-8-4-9-21(27)15-20/h2-4,8-11,15-16,19H,5-7,12-14,17-18H2,1H3,(H,28,31)/b24-16+/t19-/m1/s1. The van der Waals surface area contributed by atoms with E-state index in [1.807, 2.05) is 0 Å². The summed E-state index contributed by atoms with van der Waals surface area (Å²) in [5.41, 5.74) is 1.05. The Morgan fingerprint density at radius 3 is 2.91 bits per heavy atom. The maximum absolute atomic E-state index is 13.6. The van der Waals surface area contributed by atoms with E-state index >= 15 is 0 Å². The molecule has 2 aromatic carbocycles. The van der Waals surface area contributed by atoms with Crippen LogP contribution in [0.2, 0.25) is 0 Å². The molecule has 0 aromatic heterocycles. The molecule has 2 amide bonds. The molecule has 0 aliphatic carbocycles. The fraction of sp³-hybridized carbons (Fsp3) is 0.385. The third kappa shape index (κ3) is 5.99. The molecule has 174 valence electrons. The first-order valence-electron chi connectivity index (χ1n) is 11.5. The van der Waals surface area contributed by atoms with Crippen LogP contribution in [0.1, 0.15) is 31.7 Å². The highest BCUT2D eigenvalue weighted by atomic mass is 19.1. The van der Waals surface area contributed by atoms with Crippen molar-refractivity contribution in [1.29, 1.82) is 0 Å². The molecule has 1 N–H and O–H groups in total. The average Bonchev–Trinajstić information content (AvgIpc) is 2.79. The molecule has 0 bridgehead atoms. The zero-order valence-electron chi connectivity index (χ0n) is 18.9. The van der Waals surface area contributed by atoms with Crippen LogP contribution in [0.15, 0.2) is 54.3 Å². The average molecular weight is 452 g/mol. The molecule has 1 atom stereocenters. The van der Waals surface area contributed by atoms with E-state index < -0.39 is 11.7 Å². The number of likely N-dealkylation sites (tertiary alicyclic amines) is 1. The first-order chi connectivity index (χ1) is 16.0. The van der Waals surface area contributed by atoms with Crippen molar-refractivity contribution >= 4 is 23.6 Å². The van der Waals surface area contributed by atoms with E-state index in [0.29, 0.717) is 23.5 Å². The van der Waals surface area contributed by atoms with Crippen LogP contribution in [0.5, 0.6) is 5.75 Å². The quantitative estimate of drug-likeness (QED) is 0.513. The number of piperidine rings is 1. The van der Waals surface area contributed by atoms with Gasteiger partial charge in [0.15, 0.2) is 11.5 Å². The highest BCUT2D eigenvalue weighted by molar-refractivity contribution is 6.12. The molecule has 6 nitrogen and oxygen atoms in total. The summed E-state index contributed by atoms with van der Waals surface area (Å²) in [6.45, 7) is 5.94. The van der Waals surface area contributed by atoms with Crippen molar-refractivity contribution in [2.75, 3.05) is 37.6 Å². The Bertz CT molecular complexity index is 1040. The van der Waals surface area contributed by atoms with Gasteiger partial charge in [-0.15, -0.1) is 0 Å². The number of halogens is 1. The maximum atomic E-state index is 13.6. The highest BCUT2D eigenvalue weighted by Gasteiger charge is 2.31. The van der Waals surface area contributed by atoms with Crippen LogP contribution in [0.4, 0.5) is 10.1 Å². The smallest absolute Gasteiger partial charge is 0.294 e. The van der Waals surface area contributed by atoms with Crippen LogP contribution in [-0.4, -0.2) is 49.4 Å². The van der Waals surface area contributed by atoms with E-state index in [2.05, 4.69) is 17.1 Å². The zero-order chi connectivity index (χ0) is 23.2. The van der Waals surface area contributed by atoms with E-state index in [9.17, 15) is 14.0 Å². The molecule has 2 heterocycles. The summed E-state index contributed by atoms with van der Waals surface area (Å²) in [5, 5.41) is 2.93. The van der Waals surface area contributed by atoms with Crippen molar-refractivity contribution in [3.63, 3.8) is 0 Å². The Morgan fingerprint density at radius 2 is 2.09 bits per heavy atom. The normalized spacial score (nSPS) is 19.8. The van der Waals surface area contributed by atoms with Crippen LogP contribution in [0, 0.1) is 11.7 Å². The summed E-state index contributed by atoms with van der Waals surface area (Å²) >= 11 is 0. The first-order valence-corrected chi connectivity index (χ1v) is 11.5. The molecule has 33 heavy (non-hydrogen) atoms. The fourth-order valence-electron chi connectivity index (χ4n) is 4.39. The van der Waals surface area contributed by atoms with Crippen molar-refractivity contribution < 1.29 is 18.7 Å². The summed E-state index contributed by atoms with van der Waals surface area (Å²) in [5.74, 6) is 0.198. The van der Waals surface area contributed by atoms with Crippen LogP contribution in [0.25, 0.3) is 6.08 Å². The molecule has 7 heteroatoms. The second kappa shape index (κ2) is 10.6. The van der Waals surface area contributed by atoms with Gasteiger partial charge in [-0.1, -0.05) is 31.2 Å². The minimum absolute atomic E-state index is 0.0475. The molecular weight excluding hydrogens is 421 g/mol. The van der Waals surface area contributed by atoms with Crippen LogP contribution in [0.3, 0.4) is 0 Å². The Morgan fingerprint density at radius 1 is 1.24 bits per heavy atom.